The third-order valence-corrected chi connectivity index (χ3v) is 6.59. The fraction of sp³-hybridized carbons (Fsp3) is 0.500. The summed E-state index contributed by atoms with van der Waals surface area (Å²) in [6.07, 6.45) is 6.74. The van der Waals surface area contributed by atoms with E-state index in [1.54, 1.807) is 4.90 Å². The third-order valence-electron chi connectivity index (χ3n) is 6.59. The van der Waals surface area contributed by atoms with Gasteiger partial charge in [-0.15, -0.1) is 0 Å². The molecule has 0 radical (unpaired) electrons. The van der Waals surface area contributed by atoms with Gasteiger partial charge in [-0.3, -0.25) is 9.59 Å². The highest BCUT2D eigenvalue weighted by atomic mass is 16.2. The second-order valence-electron chi connectivity index (χ2n) is 9.42. The Hall–Kier alpha value is -2.62. The van der Waals surface area contributed by atoms with Gasteiger partial charge in [-0.05, 0) is 48.8 Å². The minimum atomic E-state index is -0.493. The van der Waals surface area contributed by atoms with E-state index in [-0.39, 0.29) is 17.9 Å². The van der Waals surface area contributed by atoms with Crippen LogP contribution in [-0.4, -0.2) is 28.8 Å². The molecule has 0 heterocycles. The van der Waals surface area contributed by atoms with Crippen LogP contribution in [-0.2, 0) is 22.6 Å². The number of nitrogens with one attached hydrogen (secondary N) is 1. The summed E-state index contributed by atoms with van der Waals surface area (Å²) < 4.78 is 0. The van der Waals surface area contributed by atoms with E-state index in [0.717, 1.165) is 24.0 Å². The molecule has 172 valence electrons. The van der Waals surface area contributed by atoms with E-state index in [4.69, 9.17) is 0 Å². The molecule has 32 heavy (non-hydrogen) atoms. The maximum atomic E-state index is 13.3. The Balaban J connectivity index is 1.66. The molecule has 1 N–H and O–H groups in total. The molecule has 2 aromatic rings. The maximum Gasteiger partial charge on any atom is 0.242 e. The summed E-state index contributed by atoms with van der Waals surface area (Å²) in [7, 11) is 0. The van der Waals surface area contributed by atoms with Crippen LogP contribution in [0, 0.1) is 0 Å². The molecular weight excluding hydrogens is 396 g/mol. The van der Waals surface area contributed by atoms with Crippen molar-refractivity contribution in [3.8, 4) is 0 Å². The molecule has 3 rings (SSSR count). The van der Waals surface area contributed by atoms with Gasteiger partial charge in [0.2, 0.25) is 11.8 Å². The summed E-state index contributed by atoms with van der Waals surface area (Å²) >= 11 is 0. The molecule has 1 aliphatic rings. The molecule has 0 bridgehead atoms. The van der Waals surface area contributed by atoms with Crippen LogP contribution >= 0.6 is 0 Å². The Morgan fingerprint density at radius 3 is 2.19 bits per heavy atom. The van der Waals surface area contributed by atoms with Crippen LogP contribution in [0.15, 0.2) is 54.6 Å². The van der Waals surface area contributed by atoms with Gasteiger partial charge in [-0.1, -0.05) is 87.7 Å². The maximum absolute atomic E-state index is 13.3. The topological polar surface area (TPSA) is 49.4 Å². The minimum Gasteiger partial charge on any atom is -0.352 e. The van der Waals surface area contributed by atoms with Crippen molar-refractivity contribution in [1.82, 2.24) is 10.2 Å². The van der Waals surface area contributed by atoms with E-state index in [1.165, 1.54) is 24.8 Å². The standard InChI is InChI=1S/C28H38N2O2/c1-21(2)25-17-14-23(15-18-25)16-19-27(31)30(20-24-10-6-4-7-11-24)22(3)28(32)29-26-12-8-5-9-13-26/h4,6-7,10-11,14-15,17-18,21-22,26H,5,8-9,12-13,16,19-20H2,1-3H3,(H,29,32)/t22-/m1/s1. The van der Waals surface area contributed by atoms with Gasteiger partial charge in [-0.25, -0.2) is 0 Å². The fourth-order valence-electron chi connectivity index (χ4n) is 4.40. The zero-order valence-corrected chi connectivity index (χ0v) is 19.8. The molecule has 2 aromatic carbocycles. The van der Waals surface area contributed by atoms with Gasteiger partial charge >= 0.3 is 0 Å². The van der Waals surface area contributed by atoms with Crippen molar-refractivity contribution >= 4 is 11.8 Å². The molecule has 1 saturated carbocycles. The summed E-state index contributed by atoms with van der Waals surface area (Å²) in [5.41, 5.74) is 3.50. The predicted molar refractivity (Wildman–Crippen MR) is 130 cm³/mol. The lowest BCUT2D eigenvalue weighted by Crippen LogP contribution is -2.50. The SMILES string of the molecule is CC(C)c1ccc(CCC(=O)N(Cc2ccccc2)[C@H](C)C(=O)NC2CCCCC2)cc1. The van der Waals surface area contributed by atoms with Crippen LogP contribution < -0.4 is 5.32 Å². The lowest BCUT2D eigenvalue weighted by Gasteiger charge is -2.31. The zero-order valence-electron chi connectivity index (χ0n) is 19.8. The number of nitrogens with zero attached hydrogens (tertiary/aromatic N) is 1. The highest BCUT2D eigenvalue weighted by Gasteiger charge is 2.27. The average molecular weight is 435 g/mol. The van der Waals surface area contributed by atoms with Crippen molar-refractivity contribution in [1.29, 1.82) is 0 Å². The fourth-order valence-corrected chi connectivity index (χ4v) is 4.40. The molecule has 1 aliphatic carbocycles. The summed E-state index contributed by atoms with van der Waals surface area (Å²) in [5, 5.41) is 3.20. The lowest BCUT2D eigenvalue weighted by molar-refractivity contribution is -0.141. The van der Waals surface area contributed by atoms with E-state index in [2.05, 4.69) is 43.4 Å². The Labute approximate surface area is 193 Å². The first-order valence-corrected chi connectivity index (χ1v) is 12.2. The van der Waals surface area contributed by atoms with Crippen molar-refractivity contribution in [2.75, 3.05) is 0 Å². The normalized spacial score (nSPS) is 15.4. The number of carbonyl (C=O) groups excluding carboxylic acids is 2. The van der Waals surface area contributed by atoms with Crippen LogP contribution in [0.4, 0.5) is 0 Å². The van der Waals surface area contributed by atoms with Gasteiger partial charge in [0.1, 0.15) is 6.04 Å². The molecule has 0 aromatic heterocycles. The molecule has 4 nitrogen and oxygen atoms in total. The number of hydrogen-bond acceptors (Lipinski definition) is 2. The van der Waals surface area contributed by atoms with Crippen LogP contribution in [0.5, 0.6) is 0 Å². The smallest absolute Gasteiger partial charge is 0.242 e. The number of carbonyl (C=O) groups is 2. The van der Waals surface area contributed by atoms with Crippen molar-refractivity contribution < 1.29 is 9.59 Å². The molecule has 2 amide bonds. The Morgan fingerprint density at radius 1 is 0.906 bits per heavy atom. The minimum absolute atomic E-state index is 0.0214. The first kappa shape index (κ1) is 24.0. The van der Waals surface area contributed by atoms with E-state index in [0.29, 0.717) is 25.3 Å². The van der Waals surface area contributed by atoms with Gasteiger partial charge in [0.05, 0.1) is 0 Å². The highest BCUT2D eigenvalue weighted by molar-refractivity contribution is 5.87. The number of rotatable bonds is 9. The quantitative estimate of drug-likeness (QED) is 0.558. The zero-order chi connectivity index (χ0) is 22.9. The van der Waals surface area contributed by atoms with Gasteiger partial charge in [0.15, 0.2) is 0 Å². The monoisotopic (exact) mass is 434 g/mol. The van der Waals surface area contributed by atoms with E-state index < -0.39 is 6.04 Å². The second-order valence-corrected chi connectivity index (χ2v) is 9.42. The molecule has 1 atom stereocenters. The summed E-state index contributed by atoms with van der Waals surface area (Å²) in [6.45, 7) is 6.67. The Kier molecular flexibility index (Phi) is 8.90. The molecular formula is C28H38N2O2. The van der Waals surface area contributed by atoms with Gasteiger partial charge in [0.25, 0.3) is 0 Å². The predicted octanol–water partition coefficient (Wildman–Crippen LogP) is 5.61. The largest absolute Gasteiger partial charge is 0.352 e. The molecule has 0 aliphatic heterocycles. The van der Waals surface area contributed by atoms with Crippen LogP contribution in [0.2, 0.25) is 0 Å². The lowest BCUT2D eigenvalue weighted by atomic mass is 9.95. The highest BCUT2D eigenvalue weighted by Crippen LogP contribution is 2.19. The average Bonchev–Trinajstić information content (AvgIpc) is 2.82. The first-order chi connectivity index (χ1) is 15.4. The summed E-state index contributed by atoms with van der Waals surface area (Å²) in [6, 6.07) is 18.2. The number of aryl methyl sites for hydroxylation is 1. The number of amides is 2. The third kappa shape index (κ3) is 6.94. The summed E-state index contributed by atoms with van der Waals surface area (Å²) in [4.78, 5) is 28.0. The van der Waals surface area contributed by atoms with Crippen LogP contribution in [0.25, 0.3) is 0 Å². The number of benzene rings is 2. The Bertz CT molecular complexity index is 855. The molecule has 1 fully saturated rings. The Morgan fingerprint density at radius 2 is 1.56 bits per heavy atom. The second kappa shape index (κ2) is 11.8. The first-order valence-electron chi connectivity index (χ1n) is 12.2. The van der Waals surface area contributed by atoms with Gasteiger partial charge in [0, 0.05) is 19.0 Å². The van der Waals surface area contributed by atoms with E-state index in [1.807, 2.05) is 37.3 Å². The van der Waals surface area contributed by atoms with E-state index in [9.17, 15) is 9.59 Å². The van der Waals surface area contributed by atoms with E-state index >= 15 is 0 Å². The molecule has 0 saturated heterocycles. The van der Waals surface area contributed by atoms with Gasteiger partial charge < -0.3 is 10.2 Å². The van der Waals surface area contributed by atoms with Crippen molar-refractivity contribution in [2.24, 2.45) is 0 Å². The molecule has 0 spiro atoms. The molecule has 0 unspecified atom stereocenters. The van der Waals surface area contributed by atoms with Crippen molar-refractivity contribution in [3.05, 3.63) is 71.3 Å². The van der Waals surface area contributed by atoms with Crippen LogP contribution in [0.3, 0.4) is 0 Å². The van der Waals surface area contributed by atoms with Gasteiger partial charge in [-0.2, -0.15) is 0 Å². The molecule has 4 heteroatoms. The van der Waals surface area contributed by atoms with Crippen molar-refractivity contribution in [3.63, 3.8) is 0 Å². The summed E-state index contributed by atoms with van der Waals surface area (Å²) in [5.74, 6) is 0.478. The number of hydrogen-bond donors (Lipinski definition) is 1. The van der Waals surface area contributed by atoms with Crippen LogP contribution in [0.1, 0.15) is 81.9 Å². The van der Waals surface area contributed by atoms with Crippen molar-refractivity contribution in [2.45, 2.75) is 90.3 Å².